The minimum atomic E-state index is -0.540. The number of hydrogen-bond acceptors (Lipinski definition) is 2. The first-order chi connectivity index (χ1) is 9.16. The molecule has 19 heavy (non-hydrogen) atoms. The number of aryl methyl sites for hydroxylation is 1. The molecule has 0 bridgehead atoms. The van der Waals surface area contributed by atoms with Crippen molar-refractivity contribution in [2.75, 3.05) is 0 Å². The summed E-state index contributed by atoms with van der Waals surface area (Å²) in [4.78, 5) is 12.1. The van der Waals surface area contributed by atoms with E-state index in [0.29, 0.717) is 22.4 Å². The second-order valence-electron chi connectivity index (χ2n) is 4.71. The number of hydrogen-bond donors (Lipinski definition) is 0. The Bertz CT molecular complexity index is 649. The van der Waals surface area contributed by atoms with Crippen molar-refractivity contribution in [3.63, 3.8) is 0 Å². The number of carbonyl (C=O) groups is 1. The highest BCUT2D eigenvalue weighted by molar-refractivity contribution is 5.99. The highest BCUT2D eigenvalue weighted by atomic mass is 19.1. The molecule has 1 unspecified atom stereocenters. The Balaban J connectivity index is 2.02. The lowest BCUT2D eigenvalue weighted by atomic mass is 9.95. The Kier molecular flexibility index (Phi) is 2.82. The average molecular weight is 256 g/mol. The van der Waals surface area contributed by atoms with E-state index in [1.165, 1.54) is 0 Å². The van der Waals surface area contributed by atoms with Crippen LogP contribution in [0, 0.1) is 12.7 Å². The quantitative estimate of drug-likeness (QED) is 0.774. The van der Waals surface area contributed by atoms with Gasteiger partial charge in [0.1, 0.15) is 17.7 Å². The molecule has 2 aromatic rings. The molecule has 1 heterocycles. The van der Waals surface area contributed by atoms with Crippen molar-refractivity contribution >= 4 is 5.78 Å². The largest absolute Gasteiger partial charge is 0.484 e. The van der Waals surface area contributed by atoms with Crippen molar-refractivity contribution in [1.82, 2.24) is 0 Å². The van der Waals surface area contributed by atoms with Crippen LogP contribution in [-0.4, -0.2) is 5.78 Å². The van der Waals surface area contributed by atoms with Crippen molar-refractivity contribution in [1.29, 1.82) is 0 Å². The first-order valence-corrected chi connectivity index (χ1v) is 6.20. The number of ether oxygens (including phenoxy) is 1. The van der Waals surface area contributed by atoms with Crippen molar-refractivity contribution in [3.8, 4) is 5.75 Å². The summed E-state index contributed by atoms with van der Waals surface area (Å²) in [6.07, 6.45) is -0.362. The Morgan fingerprint density at radius 1 is 1.16 bits per heavy atom. The van der Waals surface area contributed by atoms with E-state index in [2.05, 4.69) is 0 Å². The minimum Gasteiger partial charge on any atom is -0.484 e. The number of benzene rings is 2. The lowest BCUT2D eigenvalue weighted by Gasteiger charge is -2.26. The van der Waals surface area contributed by atoms with Crippen LogP contribution >= 0.6 is 0 Å². The molecular formula is C16H13FO2. The summed E-state index contributed by atoms with van der Waals surface area (Å²) in [5, 5.41) is 0. The van der Waals surface area contributed by atoms with Crippen LogP contribution in [0.3, 0.4) is 0 Å². The van der Waals surface area contributed by atoms with Gasteiger partial charge < -0.3 is 4.74 Å². The van der Waals surface area contributed by atoms with Crippen LogP contribution in [0.2, 0.25) is 0 Å². The Hall–Kier alpha value is -2.16. The van der Waals surface area contributed by atoms with Crippen molar-refractivity contribution < 1.29 is 13.9 Å². The van der Waals surface area contributed by atoms with Gasteiger partial charge in [0, 0.05) is 5.56 Å². The number of halogens is 1. The van der Waals surface area contributed by atoms with Gasteiger partial charge in [-0.2, -0.15) is 0 Å². The lowest BCUT2D eigenvalue weighted by Crippen LogP contribution is -2.21. The van der Waals surface area contributed by atoms with Crippen LogP contribution in [0.5, 0.6) is 5.75 Å². The molecule has 0 spiro atoms. The van der Waals surface area contributed by atoms with Gasteiger partial charge in [-0.05, 0) is 24.6 Å². The third-order valence-corrected chi connectivity index (χ3v) is 3.40. The fourth-order valence-electron chi connectivity index (χ4n) is 2.37. The van der Waals surface area contributed by atoms with E-state index in [0.717, 1.165) is 0 Å². The van der Waals surface area contributed by atoms with Gasteiger partial charge in [0.2, 0.25) is 0 Å². The third-order valence-electron chi connectivity index (χ3n) is 3.40. The summed E-state index contributed by atoms with van der Waals surface area (Å²) >= 11 is 0. The molecule has 0 aliphatic carbocycles. The van der Waals surface area contributed by atoms with Crippen LogP contribution in [0.4, 0.5) is 4.39 Å². The molecule has 0 amide bonds. The van der Waals surface area contributed by atoms with Gasteiger partial charge >= 0.3 is 0 Å². The van der Waals surface area contributed by atoms with E-state index in [9.17, 15) is 9.18 Å². The van der Waals surface area contributed by atoms with Gasteiger partial charge in [0.15, 0.2) is 5.78 Å². The molecule has 1 aliphatic heterocycles. The normalized spacial score (nSPS) is 17.8. The molecule has 1 aliphatic rings. The summed E-state index contributed by atoms with van der Waals surface area (Å²) in [5.41, 5.74) is 1.59. The first kappa shape index (κ1) is 11.9. The summed E-state index contributed by atoms with van der Waals surface area (Å²) in [6.45, 7) is 1.71. The zero-order chi connectivity index (χ0) is 13.4. The topological polar surface area (TPSA) is 26.3 Å². The molecule has 3 heteroatoms. The second-order valence-corrected chi connectivity index (χ2v) is 4.71. The van der Waals surface area contributed by atoms with E-state index in [4.69, 9.17) is 4.74 Å². The molecule has 96 valence electrons. The number of ketones is 1. The Morgan fingerprint density at radius 3 is 2.79 bits per heavy atom. The van der Waals surface area contributed by atoms with Crippen LogP contribution in [0.1, 0.15) is 34.0 Å². The third kappa shape index (κ3) is 2.01. The molecule has 3 rings (SSSR count). The maximum absolute atomic E-state index is 14.1. The van der Waals surface area contributed by atoms with E-state index in [1.54, 1.807) is 49.4 Å². The number of carbonyl (C=O) groups excluding carboxylic acids is 1. The van der Waals surface area contributed by atoms with Crippen LogP contribution in [0.25, 0.3) is 0 Å². The molecule has 0 saturated carbocycles. The zero-order valence-corrected chi connectivity index (χ0v) is 10.5. The number of para-hydroxylation sites is 1. The number of rotatable bonds is 1. The van der Waals surface area contributed by atoms with E-state index < -0.39 is 6.10 Å². The molecule has 2 nitrogen and oxygen atoms in total. The average Bonchev–Trinajstić information content (AvgIpc) is 2.42. The van der Waals surface area contributed by atoms with E-state index >= 15 is 0 Å². The van der Waals surface area contributed by atoms with Gasteiger partial charge in [0.05, 0.1) is 12.0 Å². The predicted molar refractivity (Wildman–Crippen MR) is 69.9 cm³/mol. The van der Waals surface area contributed by atoms with Crippen molar-refractivity contribution in [2.24, 2.45) is 0 Å². The van der Waals surface area contributed by atoms with Crippen LogP contribution < -0.4 is 4.74 Å². The van der Waals surface area contributed by atoms with Crippen LogP contribution in [-0.2, 0) is 0 Å². The standard InChI is InChI=1S/C16H13FO2/c1-10-5-4-7-12(16(10)17)15-9-13(18)11-6-2-3-8-14(11)19-15/h2-8,15H,9H2,1H3. The highest BCUT2D eigenvalue weighted by Crippen LogP contribution is 2.35. The lowest BCUT2D eigenvalue weighted by molar-refractivity contribution is 0.0845. The monoisotopic (exact) mass is 256 g/mol. The van der Waals surface area contributed by atoms with Crippen molar-refractivity contribution in [2.45, 2.75) is 19.4 Å². The van der Waals surface area contributed by atoms with Gasteiger partial charge in [-0.1, -0.05) is 30.3 Å². The van der Waals surface area contributed by atoms with Gasteiger partial charge in [0.25, 0.3) is 0 Å². The zero-order valence-electron chi connectivity index (χ0n) is 10.5. The van der Waals surface area contributed by atoms with Gasteiger partial charge in [-0.15, -0.1) is 0 Å². The fourth-order valence-corrected chi connectivity index (χ4v) is 2.37. The molecule has 0 fully saturated rings. The maximum atomic E-state index is 14.1. The maximum Gasteiger partial charge on any atom is 0.170 e. The summed E-state index contributed by atoms with van der Waals surface area (Å²) < 4.78 is 19.9. The molecule has 2 aromatic carbocycles. The minimum absolute atomic E-state index is 0.00671. The van der Waals surface area contributed by atoms with E-state index in [-0.39, 0.29) is 18.0 Å². The summed E-state index contributed by atoms with van der Waals surface area (Å²) in [5.74, 6) is 0.233. The fraction of sp³-hybridized carbons (Fsp3) is 0.188. The molecule has 0 N–H and O–H groups in total. The second kappa shape index (κ2) is 4.50. The molecule has 0 saturated heterocycles. The summed E-state index contributed by atoms with van der Waals surface area (Å²) in [7, 11) is 0. The van der Waals surface area contributed by atoms with Gasteiger partial charge in [-0.3, -0.25) is 4.79 Å². The Labute approximate surface area is 110 Å². The molecule has 0 radical (unpaired) electrons. The van der Waals surface area contributed by atoms with E-state index in [1.807, 2.05) is 0 Å². The smallest absolute Gasteiger partial charge is 0.170 e. The molecule has 0 aromatic heterocycles. The summed E-state index contributed by atoms with van der Waals surface area (Å²) in [6, 6.07) is 12.2. The van der Waals surface area contributed by atoms with Crippen LogP contribution in [0.15, 0.2) is 42.5 Å². The number of Topliss-reactive ketones (excluding diaryl/α,β-unsaturated/α-hetero) is 1. The SMILES string of the molecule is Cc1cccc(C2CC(=O)c3ccccc3O2)c1F. The predicted octanol–water partition coefficient (Wildman–Crippen LogP) is 3.84. The Morgan fingerprint density at radius 2 is 1.95 bits per heavy atom. The highest BCUT2D eigenvalue weighted by Gasteiger charge is 2.29. The van der Waals surface area contributed by atoms with Gasteiger partial charge in [-0.25, -0.2) is 4.39 Å². The molecular weight excluding hydrogens is 243 g/mol. The molecule has 1 atom stereocenters. The first-order valence-electron chi connectivity index (χ1n) is 6.20. The van der Waals surface area contributed by atoms with Crippen molar-refractivity contribution in [3.05, 3.63) is 65.0 Å². The number of fused-ring (bicyclic) bond motifs is 1.